The van der Waals surface area contributed by atoms with Crippen LogP contribution < -0.4 is 9.64 Å². The average molecular weight is 401 g/mol. The van der Waals surface area contributed by atoms with Gasteiger partial charge in [-0.2, -0.15) is 4.31 Å². The number of nitrogens with zero attached hydrogens (tertiary/aromatic N) is 2. The maximum atomic E-state index is 13.1. The number of ether oxygens (including phenoxy) is 1. The molecule has 1 atom stereocenters. The summed E-state index contributed by atoms with van der Waals surface area (Å²) in [4.78, 5) is 14.7. The van der Waals surface area contributed by atoms with E-state index in [4.69, 9.17) is 4.74 Å². The third-order valence-corrected chi connectivity index (χ3v) is 7.56. The molecule has 28 heavy (non-hydrogen) atoms. The molecule has 2 aromatic rings. The minimum absolute atomic E-state index is 0.0613. The first kappa shape index (κ1) is 19.0. The van der Waals surface area contributed by atoms with Crippen molar-refractivity contribution in [2.45, 2.75) is 24.7 Å². The maximum absolute atomic E-state index is 13.1. The van der Waals surface area contributed by atoms with E-state index in [2.05, 4.69) is 0 Å². The topological polar surface area (TPSA) is 66.9 Å². The van der Waals surface area contributed by atoms with Crippen LogP contribution in [0.2, 0.25) is 0 Å². The Morgan fingerprint density at radius 3 is 2.61 bits per heavy atom. The summed E-state index contributed by atoms with van der Waals surface area (Å²) in [6.07, 6.45) is 1.06. The second-order valence-electron chi connectivity index (χ2n) is 7.76. The van der Waals surface area contributed by atoms with Crippen LogP contribution in [-0.2, 0) is 14.8 Å². The second kappa shape index (κ2) is 6.90. The van der Waals surface area contributed by atoms with E-state index in [0.717, 1.165) is 11.3 Å². The number of hydrogen-bond acceptors (Lipinski definition) is 4. The van der Waals surface area contributed by atoms with Crippen molar-refractivity contribution in [3.05, 3.63) is 54.1 Å². The molecule has 2 aliphatic rings. The highest BCUT2D eigenvalue weighted by atomic mass is 32.2. The van der Waals surface area contributed by atoms with E-state index in [1.54, 1.807) is 29.2 Å². The molecule has 1 amide bonds. The molecule has 2 heterocycles. The summed E-state index contributed by atoms with van der Waals surface area (Å²) in [5.74, 6) is 0.572. The molecule has 0 bridgehead atoms. The Labute approximate surface area is 165 Å². The number of carbonyl (C=O) groups excluding carboxylic acids is 1. The van der Waals surface area contributed by atoms with Crippen molar-refractivity contribution in [1.29, 1.82) is 0 Å². The van der Waals surface area contributed by atoms with E-state index in [1.165, 1.54) is 11.4 Å². The van der Waals surface area contributed by atoms with Crippen LogP contribution in [0.5, 0.6) is 5.75 Å². The van der Waals surface area contributed by atoms with E-state index in [-0.39, 0.29) is 16.2 Å². The van der Waals surface area contributed by atoms with Crippen molar-refractivity contribution in [2.24, 2.45) is 5.41 Å². The van der Waals surface area contributed by atoms with Gasteiger partial charge in [-0.1, -0.05) is 18.2 Å². The highest BCUT2D eigenvalue weighted by Crippen LogP contribution is 2.43. The fourth-order valence-electron chi connectivity index (χ4n) is 4.21. The monoisotopic (exact) mass is 400 g/mol. The van der Waals surface area contributed by atoms with Crippen LogP contribution in [0.3, 0.4) is 0 Å². The van der Waals surface area contributed by atoms with Crippen molar-refractivity contribution in [3.8, 4) is 5.75 Å². The predicted molar refractivity (Wildman–Crippen MR) is 107 cm³/mol. The number of aryl methyl sites for hydroxylation is 1. The highest BCUT2D eigenvalue weighted by molar-refractivity contribution is 7.89. The number of anilines is 1. The van der Waals surface area contributed by atoms with E-state index in [1.807, 2.05) is 31.2 Å². The minimum atomic E-state index is -3.62. The van der Waals surface area contributed by atoms with Gasteiger partial charge in [0, 0.05) is 43.2 Å². The molecule has 2 fully saturated rings. The molecule has 0 saturated carbocycles. The zero-order chi connectivity index (χ0) is 19.9. The molecule has 0 radical (unpaired) electrons. The van der Waals surface area contributed by atoms with Crippen molar-refractivity contribution >= 4 is 21.6 Å². The van der Waals surface area contributed by atoms with Gasteiger partial charge in [-0.3, -0.25) is 4.79 Å². The van der Waals surface area contributed by atoms with Gasteiger partial charge in [0.1, 0.15) is 5.75 Å². The molecule has 148 valence electrons. The Balaban J connectivity index is 1.56. The van der Waals surface area contributed by atoms with Gasteiger partial charge in [0.15, 0.2) is 0 Å². The fraction of sp³-hybridized carbons (Fsp3) is 0.381. The van der Waals surface area contributed by atoms with E-state index < -0.39 is 10.0 Å². The summed E-state index contributed by atoms with van der Waals surface area (Å²) in [6, 6.07) is 14.4. The van der Waals surface area contributed by atoms with E-state index >= 15 is 0 Å². The van der Waals surface area contributed by atoms with Crippen molar-refractivity contribution in [2.75, 3.05) is 31.6 Å². The quantitative estimate of drug-likeness (QED) is 0.792. The van der Waals surface area contributed by atoms with Gasteiger partial charge >= 0.3 is 0 Å². The number of carbonyl (C=O) groups is 1. The molecule has 2 aliphatic heterocycles. The molecule has 0 aromatic heterocycles. The highest BCUT2D eigenvalue weighted by Gasteiger charge is 2.50. The van der Waals surface area contributed by atoms with Crippen LogP contribution in [0.25, 0.3) is 0 Å². The normalized spacial score (nSPS) is 22.9. The SMILES string of the molecule is COc1cccc(S(=O)(=O)N2CC[C@]3(CC(=O)N(c4cccc(C)c4)C3)C2)c1. The molecular formula is C21H24N2O4S. The number of hydrogen-bond donors (Lipinski definition) is 0. The first-order valence-electron chi connectivity index (χ1n) is 9.34. The van der Waals surface area contributed by atoms with Crippen molar-refractivity contribution < 1.29 is 17.9 Å². The predicted octanol–water partition coefficient (Wildman–Crippen LogP) is 2.82. The number of rotatable bonds is 4. The van der Waals surface area contributed by atoms with Gasteiger partial charge < -0.3 is 9.64 Å². The largest absolute Gasteiger partial charge is 0.497 e. The van der Waals surface area contributed by atoms with E-state index in [9.17, 15) is 13.2 Å². The van der Waals surface area contributed by atoms with Gasteiger partial charge in [-0.15, -0.1) is 0 Å². The molecule has 0 aliphatic carbocycles. The first-order chi connectivity index (χ1) is 13.3. The molecule has 4 rings (SSSR count). The zero-order valence-corrected chi connectivity index (χ0v) is 16.9. The van der Waals surface area contributed by atoms with Gasteiger partial charge in [-0.05, 0) is 43.2 Å². The minimum Gasteiger partial charge on any atom is -0.497 e. The number of methoxy groups -OCH3 is 1. The summed E-state index contributed by atoms with van der Waals surface area (Å²) in [6.45, 7) is 3.34. The van der Waals surface area contributed by atoms with Crippen molar-refractivity contribution in [3.63, 3.8) is 0 Å². The number of amides is 1. The van der Waals surface area contributed by atoms with Crippen LogP contribution in [0, 0.1) is 12.3 Å². The summed E-state index contributed by atoms with van der Waals surface area (Å²) >= 11 is 0. The third kappa shape index (κ3) is 3.29. The van der Waals surface area contributed by atoms with Crippen LogP contribution in [0.4, 0.5) is 5.69 Å². The maximum Gasteiger partial charge on any atom is 0.243 e. The van der Waals surface area contributed by atoms with Crippen molar-refractivity contribution in [1.82, 2.24) is 4.31 Å². The lowest BCUT2D eigenvalue weighted by molar-refractivity contribution is -0.117. The second-order valence-corrected chi connectivity index (χ2v) is 9.70. The molecule has 2 saturated heterocycles. The zero-order valence-electron chi connectivity index (χ0n) is 16.1. The average Bonchev–Trinajstić information content (AvgIpc) is 3.25. The van der Waals surface area contributed by atoms with Gasteiger partial charge in [0.05, 0.1) is 12.0 Å². The van der Waals surface area contributed by atoms with E-state index in [0.29, 0.717) is 38.2 Å². The summed E-state index contributed by atoms with van der Waals surface area (Å²) in [5.41, 5.74) is 1.66. The lowest BCUT2D eigenvalue weighted by Gasteiger charge is -2.24. The Morgan fingerprint density at radius 1 is 1.07 bits per heavy atom. The van der Waals surface area contributed by atoms with Crippen LogP contribution in [-0.4, -0.2) is 45.4 Å². The lowest BCUT2D eigenvalue weighted by Crippen LogP contribution is -2.34. The third-order valence-electron chi connectivity index (χ3n) is 5.72. The Hall–Kier alpha value is -2.38. The van der Waals surface area contributed by atoms with Crippen LogP contribution in [0.1, 0.15) is 18.4 Å². The molecule has 7 heteroatoms. The molecule has 0 N–H and O–H groups in total. The van der Waals surface area contributed by atoms with Gasteiger partial charge in [-0.25, -0.2) is 8.42 Å². The summed E-state index contributed by atoms with van der Waals surface area (Å²) < 4.78 is 32.9. The standard InChI is InChI=1S/C21H24N2O4S/c1-16-5-3-6-17(11-16)23-15-21(13-20(23)24)9-10-22(14-21)28(25,26)19-8-4-7-18(12-19)27-2/h3-8,11-12H,9-10,13-15H2,1-2H3/t21-/m0/s1. The van der Waals surface area contributed by atoms with Gasteiger partial charge in [0.25, 0.3) is 0 Å². The first-order valence-corrected chi connectivity index (χ1v) is 10.8. The summed E-state index contributed by atoms with van der Waals surface area (Å²) in [5, 5.41) is 0. The summed E-state index contributed by atoms with van der Waals surface area (Å²) in [7, 11) is -2.10. The fourth-order valence-corrected chi connectivity index (χ4v) is 5.80. The smallest absolute Gasteiger partial charge is 0.243 e. The number of sulfonamides is 1. The lowest BCUT2D eigenvalue weighted by atomic mass is 9.86. The van der Waals surface area contributed by atoms with Crippen LogP contribution in [0.15, 0.2) is 53.4 Å². The Morgan fingerprint density at radius 2 is 1.86 bits per heavy atom. The molecule has 6 nitrogen and oxygen atoms in total. The molecule has 1 spiro atoms. The van der Waals surface area contributed by atoms with Crippen LogP contribution >= 0.6 is 0 Å². The molecular weight excluding hydrogens is 376 g/mol. The number of benzene rings is 2. The molecule has 2 aromatic carbocycles. The van der Waals surface area contributed by atoms with Gasteiger partial charge in [0.2, 0.25) is 15.9 Å². The molecule has 0 unspecified atom stereocenters. The Bertz CT molecular complexity index is 1020. The Kier molecular flexibility index (Phi) is 4.67.